The maximum Gasteiger partial charge on any atom is 0.222 e. The van der Waals surface area contributed by atoms with Crippen molar-refractivity contribution < 1.29 is 19.0 Å². The third-order valence-corrected chi connectivity index (χ3v) is 7.46. The molecule has 2 aromatic rings. The zero-order valence-electron chi connectivity index (χ0n) is 22.3. The molecule has 1 amide bonds. The zero-order chi connectivity index (χ0) is 26.2. The number of benzene rings is 2. The largest absolute Gasteiger partial charge is 0.493 e. The van der Waals surface area contributed by atoms with E-state index in [2.05, 4.69) is 22.8 Å². The van der Waals surface area contributed by atoms with Crippen molar-refractivity contribution in [2.75, 3.05) is 40.4 Å². The number of methoxy groups -OCH3 is 2. The second-order valence-corrected chi connectivity index (χ2v) is 10.3. The Morgan fingerprint density at radius 3 is 2.35 bits per heavy atom. The van der Waals surface area contributed by atoms with E-state index >= 15 is 0 Å². The van der Waals surface area contributed by atoms with E-state index < -0.39 is 0 Å². The molecule has 2 aliphatic rings. The van der Waals surface area contributed by atoms with Gasteiger partial charge in [-0.15, -0.1) is 0 Å². The lowest BCUT2D eigenvalue weighted by Gasteiger charge is -2.48. The minimum Gasteiger partial charge on any atom is -0.493 e. The van der Waals surface area contributed by atoms with Crippen LogP contribution in [0, 0.1) is 23.2 Å². The van der Waals surface area contributed by atoms with Crippen molar-refractivity contribution in [3.05, 3.63) is 53.6 Å². The number of rotatable bonds is 11. The number of nitriles is 1. The van der Waals surface area contributed by atoms with Gasteiger partial charge < -0.3 is 19.1 Å². The number of hydrogen-bond donors (Lipinski definition) is 0. The summed E-state index contributed by atoms with van der Waals surface area (Å²) in [6.07, 6.45) is 5.43. The second-order valence-electron chi connectivity index (χ2n) is 10.3. The monoisotopic (exact) mass is 505 g/mol. The Balaban J connectivity index is 1.46. The van der Waals surface area contributed by atoms with Crippen LogP contribution in [0.2, 0.25) is 0 Å². The van der Waals surface area contributed by atoms with E-state index in [-0.39, 0.29) is 6.23 Å². The van der Waals surface area contributed by atoms with Gasteiger partial charge in [-0.3, -0.25) is 9.69 Å². The molecule has 2 aromatic carbocycles. The fourth-order valence-electron chi connectivity index (χ4n) is 5.72. The second kappa shape index (κ2) is 12.8. The molecule has 3 atom stereocenters. The number of piperidine rings is 2. The molecule has 37 heavy (non-hydrogen) atoms. The van der Waals surface area contributed by atoms with E-state index in [1.54, 1.807) is 14.2 Å². The van der Waals surface area contributed by atoms with Crippen molar-refractivity contribution in [1.29, 1.82) is 5.26 Å². The van der Waals surface area contributed by atoms with Crippen LogP contribution >= 0.6 is 0 Å². The van der Waals surface area contributed by atoms with Crippen molar-refractivity contribution in [2.24, 2.45) is 11.8 Å². The number of likely N-dealkylation sites (tertiary alicyclic amines) is 2. The van der Waals surface area contributed by atoms with Crippen molar-refractivity contribution >= 4 is 5.91 Å². The summed E-state index contributed by atoms with van der Waals surface area (Å²) in [5, 5.41) is 9.06. The number of carbonyl (C=O) groups excluding carboxylic acids is 1. The van der Waals surface area contributed by atoms with E-state index in [1.807, 2.05) is 42.5 Å². The Labute approximate surface area is 220 Å². The minimum atomic E-state index is -0.0697. The van der Waals surface area contributed by atoms with E-state index in [0.29, 0.717) is 41.2 Å². The Morgan fingerprint density at radius 2 is 1.73 bits per heavy atom. The van der Waals surface area contributed by atoms with Crippen molar-refractivity contribution in [3.63, 3.8) is 0 Å². The summed E-state index contributed by atoms with van der Waals surface area (Å²) in [6, 6.07) is 15.7. The molecule has 2 fully saturated rings. The molecule has 0 radical (unpaired) electrons. The summed E-state index contributed by atoms with van der Waals surface area (Å²) in [5.74, 6) is 3.34. The molecule has 4 rings (SSSR count). The molecule has 0 saturated carbocycles. The highest BCUT2D eigenvalue weighted by Crippen LogP contribution is 2.34. The predicted octanol–water partition coefficient (Wildman–Crippen LogP) is 4.88. The predicted molar refractivity (Wildman–Crippen MR) is 143 cm³/mol. The van der Waals surface area contributed by atoms with Crippen LogP contribution in [0.3, 0.4) is 0 Å². The van der Waals surface area contributed by atoms with E-state index in [0.717, 1.165) is 57.6 Å². The lowest BCUT2D eigenvalue weighted by molar-refractivity contribution is -0.137. The van der Waals surface area contributed by atoms with Gasteiger partial charge in [-0.1, -0.05) is 19.1 Å². The fraction of sp³-hybridized carbons (Fsp3) is 0.533. The molecule has 198 valence electrons. The molecule has 7 heteroatoms. The molecule has 0 aromatic heterocycles. The molecular weight excluding hydrogens is 466 g/mol. The Kier molecular flexibility index (Phi) is 9.29. The van der Waals surface area contributed by atoms with Gasteiger partial charge in [0.15, 0.2) is 17.7 Å². The van der Waals surface area contributed by atoms with Gasteiger partial charge in [-0.05, 0) is 73.8 Å². The lowest BCUT2D eigenvalue weighted by atomic mass is 9.84. The van der Waals surface area contributed by atoms with Gasteiger partial charge in [-0.2, -0.15) is 5.26 Å². The smallest absolute Gasteiger partial charge is 0.222 e. The summed E-state index contributed by atoms with van der Waals surface area (Å²) in [7, 11) is 3.26. The average Bonchev–Trinajstić information content (AvgIpc) is 2.92. The first-order valence-corrected chi connectivity index (χ1v) is 13.4. The maximum absolute atomic E-state index is 12.6. The SMILES string of the molecule is CCCC(=O)N1CC2CC(C1)CN(C(CCCc1ccc(C#N)cc1)Oc1ccc(OC)c(OC)c1)C2. The molecule has 2 saturated heterocycles. The third kappa shape index (κ3) is 6.95. The molecule has 2 heterocycles. The Morgan fingerprint density at radius 1 is 1.03 bits per heavy atom. The van der Waals surface area contributed by atoms with Crippen LogP contribution in [0.15, 0.2) is 42.5 Å². The molecule has 0 N–H and O–H groups in total. The van der Waals surface area contributed by atoms with Crippen LogP contribution in [0.1, 0.15) is 50.2 Å². The first kappa shape index (κ1) is 26.8. The number of aryl methyl sites for hydroxylation is 1. The van der Waals surface area contributed by atoms with Crippen LogP contribution in [0.4, 0.5) is 0 Å². The Bertz CT molecular complexity index is 1070. The minimum absolute atomic E-state index is 0.0697. The Hall–Kier alpha value is -3.24. The van der Waals surface area contributed by atoms with Gasteiger partial charge in [0.25, 0.3) is 0 Å². The molecule has 2 bridgehead atoms. The highest BCUT2D eigenvalue weighted by Gasteiger charge is 2.38. The summed E-state index contributed by atoms with van der Waals surface area (Å²) in [5.41, 5.74) is 1.91. The number of carbonyl (C=O) groups is 1. The van der Waals surface area contributed by atoms with Crippen molar-refractivity contribution in [1.82, 2.24) is 9.80 Å². The molecular formula is C30H39N3O4. The topological polar surface area (TPSA) is 75.0 Å². The van der Waals surface area contributed by atoms with E-state index in [4.69, 9.17) is 19.5 Å². The number of amides is 1. The van der Waals surface area contributed by atoms with E-state index in [9.17, 15) is 4.79 Å². The standard InChI is InChI=1S/C30H39N3O4/c1-4-6-29(34)32-18-24-15-25(19-32)21-33(20-24)30(8-5-7-22-9-11-23(17-31)12-10-22)37-26-13-14-27(35-2)28(16-26)36-3/h9-14,16,24-25,30H,4-8,15,18-21H2,1-3H3. The van der Waals surface area contributed by atoms with Crippen LogP contribution < -0.4 is 14.2 Å². The van der Waals surface area contributed by atoms with Crippen LogP contribution in [0.5, 0.6) is 17.2 Å². The molecule has 3 unspecified atom stereocenters. The number of hydrogen-bond acceptors (Lipinski definition) is 6. The normalized spacial score (nSPS) is 20.1. The first-order valence-electron chi connectivity index (χ1n) is 13.4. The maximum atomic E-state index is 12.6. The van der Waals surface area contributed by atoms with Gasteiger partial charge in [0.2, 0.25) is 5.91 Å². The summed E-state index contributed by atoms with van der Waals surface area (Å²) < 4.78 is 17.5. The molecule has 0 aliphatic carbocycles. The van der Waals surface area contributed by atoms with Gasteiger partial charge in [0, 0.05) is 38.7 Å². The first-order chi connectivity index (χ1) is 18.0. The number of ether oxygens (including phenoxy) is 3. The van der Waals surface area contributed by atoms with Gasteiger partial charge >= 0.3 is 0 Å². The third-order valence-electron chi connectivity index (χ3n) is 7.46. The van der Waals surface area contributed by atoms with Gasteiger partial charge in [-0.25, -0.2) is 0 Å². The van der Waals surface area contributed by atoms with Crippen LogP contribution in [-0.4, -0.2) is 62.3 Å². The number of nitrogens with zero attached hydrogens (tertiary/aromatic N) is 3. The highest BCUT2D eigenvalue weighted by molar-refractivity contribution is 5.76. The van der Waals surface area contributed by atoms with E-state index in [1.165, 1.54) is 12.0 Å². The van der Waals surface area contributed by atoms with Gasteiger partial charge in [0.1, 0.15) is 5.75 Å². The quantitative estimate of drug-likeness (QED) is 0.433. The summed E-state index contributed by atoms with van der Waals surface area (Å²) in [6.45, 7) is 5.63. The summed E-state index contributed by atoms with van der Waals surface area (Å²) in [4.78, 5) is 17.1. The molecule has 0 spiro atoms. The van der Waals surface area contributed by atoms with Crippen molar-refractivity contribution in [3.8, 4) is 23.3 Å². The number of fused-ring (bicyclic) bond motifs is 2. The van der Waals surface area contributed by atoms with Crippen LogP contribution in [-0.2, 0) is 11.2 Å². The fourth-order valence-corrected chi connectivity index (χ4v) is 5.72. The lowest BCUT2D eigenvalue weighted by Crippen LogP contribution is -2.57. The molecule has 7 nitrogen and oxygen atoms in total. The zero-order valence-corrected chi connectivity index (χ0v) is 22.3. The summed E-state index contributed by atoms with van der Waals surface area (Å²) >= 11 is 0. The van der Waals surface area contributed by atoms with Crippen molar-refractivity contribution in [2.45, 2.75) is 51.7 Å². The van der Waals surface area contributed by atoms with Gasteiger partial charge in [0.05, 0.1) is 25.9 Å². The average molecular weight is 506 g/mol. The van der Waals surface area contributed by atoms with Crippen LogP contribution in [0.25, 0.3) is 0 Å². The highest BCUT2D eigenvalue weighted by atomic mass is 16.5. The molecule has 2 aliphatic heterocycles.